The van der Waals surface area contributed by atoms with Crippen molar-refractivity contribution >= 4 is 17.7 Å². The Hall–Kier alpha value is -2.37. The minimum Gasteiger partial charge on any atom is -0.496 e. The average molecular weight is 347 g/mol. The molecule has 0 aromatic heterocycles. The number of rotatable bonds is 8. The lowest BCUT2D eigenvalue weighted by molar-refractivity contribution is -0.145. The molecule has 0 spiro atoms. The molecule has 2 atom stereocenters. The van der Waals surface area contributed by atoms with Gasteiger partial charge in [-0.25, -0.2) is 0 Å². The molecule has 2 N–H and O–H groups in total. The van der Waals surface area contributed by atoms with Gasteiger partial charge in [0, 0.05) is 19.4 Å². The quantitative estimate of drug-likeness (QED) is 0.705. The summed E-state index contributed by atoms with van der Waals surface area (Å²) in [5.74, 6) is -1.07. The van der Waals surface area contributed by atoms with E-state index in [-0.39, 0.29) is 36.4 Å². The normalized spacial score (nSPS) is 19.9. The van der Waals surface area contributed by atoms with Gasteiger partial charge in [-0.1, -0.05) is 25.0 Å². The van der Waals surface area contributed by atoms with Crippen molar-refractivity contribution in [1.82, 2.24) is 5.32 Å². The Morgan fingerprint density at radius 1 is 1.16 bits per heavy atom. The maximum atomic E-state index is 12.2. The van der Waals surface area contributed by atoms with E-state index in [1.165, 1.54) is 7.11 Å². The molecule has 6 heteroatoms. The SMILES string of the molecule is COc1ccccc1C(=O)CCC(=O)NC[C@@H]1CCCC[C@@H]1C(=O)O. The van der Waals surface area contributed by atoms with Crippen molar-refractivity contribution in [2.75, 3.05) is 13.7 Å². The molecule has 0 unspecified atom stereocenters. The largest absolute Gasteiger partial charge is 0.496 e. The molecule has 0 radical (unpaired) electrons. The van der Waals surface area contributed by atoms with Crippen molar-refractivity contribution in [1.29, 1.82) is 0 Å². The van der Waals surface area contributed by atoms with Gasteiger partial charge >= 0.3 is 5.97 Å². The number of carbonyl (C=O) groups excluding carboxylic acids is 2. The van der Waals surface area contributed by atoms with Crippen LogP contribution in [0, 0.1) is 11.8 Å². The Bertz CT molecular complexity index is 628. The maximum Gasteiger partial charge on any atom is 0.306 e. The van der Waals surface area contributed by atoms with E-state index in [2.05, 4.69) is 5.32 Å². The highest BCUT2D eigenvalue weighted by Gasteiger charge is 2.30. The van der Waals surface area contributed by atoms with Crippen molar-refractivity contribution in [3.8, 4) is 5.75 Å². The number of hydrogen-bond donors (Lipinski definition) is 2. The van der Waals surface area contributed by atoms with Crippen molar-refractivity contribution < 1.29 is 24.2 Å². The van der Waals surface area contributed by atoms with Crippen molar-refractivity contribution in [2.24, 2.45) is 11.8 Å². The van der Waals surface area contributed by atoms with Gasteiger partial charge in [-0.05, 0) is 30.9 Å². The fraction of sp³-hybridized carbons (Fsp3) is 0.526. The van der Waals surface area contributed by atoms with Crippen LogP contribution in [0.5, 0.6) is 5.75 Å². The van der Waals surface area contributed by atoms with E-state index in [4.69, 9.17) is 4.74 Å². The number of benzene rings is 1. The first-order chi connectivity index (χ1) is 12.0. The highest BCUT2D eigenvalue weighted by atomic mass is 16.5. The van der Waals surface area contributed by atoms with Gasteiger partial charge in [0.1, 0.15) is 5.75 Å². The van der Waals surface area contributed by atoms with Gasteiger partial charge in [-0.15, -0.1) is 0 Å². The maximum absolute atomic E-state index is 12.2. The summed E-state index contributed by atoms with van der Waals surface area (Å²) in [5, 5.41) is 12.0. The summed E-state index contributed by atoms with van der Waals surface area (Å²) in [7, 11) is 1.50. The monoisotopic (exact) mass is 347 g/mol. The van der Waals surface area contributed by atoms with Gasteiger partial charge in [-0.3, -0.25) is 14.4 Å². The minimum atomic E-state index is -0.787. The second-order valence-corrected chi connectivity index (χ2v) is 6.42. The summed E-state index contributed by atoms with van der Waals surface area (Å²) in [4.78, 5) is 35.5. The van der Waals surface area contributed by atoms with Crippen LogP contribution in [0.25, 0.3) is 0 Å². The molecular formula is C19H25NO5. The fourth-order valence-corrected chi connectivity index (χ4v) is 3.35. The third-order valence-corrected chi connectivity index (χ3v) is 4.77. The Morgan fingerprint density at radius 3 is 2.60 bits per heavy atom. The van der Waals surface area contributed by atoms with Crippen LogP contribution in [0.2, 0.25) is 0 Å². The number of nitrogens with one attached hydrogen (secondary N) is 1. The van der Waals surface area contributed by atoms with Gasteiger partial charge in [0.05, 0.1) is 18.6 Å². The molecule has 1 aliphatic carbocycles. The predicted molar refractivity (Wildman–Crippen MR) is 92.7 cm³/mol. The van der Waals surface area contributed by atoms with Crippen LogP contribution in [-0.2, 0) is 9.59 Å². The zero-order chi connectivity index (χ0) is 18.2. The summed E-state index contributed by atoms with van der Waals surface area (Å²) in [6, 6.07) is 6.93. The van der Waals surface area contributed by atoms with E-state index >= 15 is 0 Å². The first-order valence-electron chi connectivity index (χ1n) is 8.68. The molecular weight excluding hydrogens is 322 g/mol. The van der Waals surface area contributed by atoms with Crippen molar-refractivity contribution in [2.45, 2.75) is 38.5 Å². The lowest BCUT2D eigenvalue weighted by atomic mass is 9.79. The number of carboxylic acids is 1. The molecule has 136 valence electrons. The van der Waals surface area contributed by atoms with E-state index in [1.54, 1.807) is 24.3 Å². The number of aliphatic carboxylic acids is 1. The third kappa shape index (κ3) is 5.31. The molecule has 1 fully saturated rings. The van der Waals surface area contributed by atoms with Gasteiger partial charge in [0.15, 0.2) is 5.78 Å². The average Bonchev–Trinajstić information content (AvgIpc) is 2.64. The van der Waals surface area contributed by atoms with Crippen LogP contribution < -0.4 is 10.1 Å². The van der Waals surface area contributed by atoms with Gasteiger partial charge in [-0.2, -0.15) is 0 Å². The molecule has 0 aliphatic heterocycles. The highest BCUT2D eigenvalue weighted by molar-refractivity contribution is 6.00. The molecule has 0 saturated heterocycles. The zero-order valence-corrected chi connectivity index (χ0v) is 14.5. The van der Waals surface area contributed by atoms with Crippen molar-refractivity contribution in [3.05, 3.63) is 29.8 Å². The Balaban J connectivity index is 1.80. The van der Waals surface area contributed by atoms with Crippen LogP contribution in [0.4, 0.5) is 0 Å². The number of methoxy groups -OCH3 is 1. The first-order valence-corrected chi connectivity index (χ1v) is 8.68. The predicted octanol–water partition coefficient (Wildman–Crippen LogP) is 2.67. The van der Waals surface area contributed by atoms with Crippen LogP contribution in [0.1, 0.15) is 48.9 Å². The van der Waals surface area contributed by atoms with E-state index in [9.17, 15) is 19.5 Å². The van der Waals surface area contributed by atoms with Crippen molar-refractivity contribution in [3.63, 3.8) is 0 Å². The van der Waals surface area contributed by atoms with E-state index in [0.29, 0.717) is 24.3 Å². The molecule has 1 amide bonds. The third-order valence-electron chi connectivity index (χ3n) is 4.77. The molecule has 2 rings (SSSR count). The number of ether oxygens (including phenoxy) is 1. The summed E-state index contributed by atoms with van der Waals surface area (Å²) in [6.07, 6.45) is 3.59. The number of ketones is 1. The molecule has 6 nitrogen and oxygen atoms in total. The van der Waals surface area contributed by atoms with Crippen LogP contribution in [0.3, 0.4) is 0 Å². The first kappa shape index (κ1) is 19.0. The summed E-state index contributed by atoms with van der Waals surface area (Å²) >= 11 is 0. The van der Waals surface area contributed by atoms with E-state index < -0.39 is 5.97 Å². The summed E-state index contributed by atoms with van der Waals surface area (Å²) in [5.41, 5.74) is 0.469. The lowest BCUT2D eigenvalue weighted by Gasteiger charge is -2.28. The molecule has 1 aromatic rings. The van der Waals surface area contributed by atoms with Gasteiger partial charge in [0.25, 0.3) is 0 Å². The van der Waals surface area contributed by atoms with Crippen LogP contribution in [0.15, 0.2) is 24.3 Å². The lowest BCUT2D eigenvalue weighted by Crippen LogP contribution is -2.37. The molecule has 1 aliphatic rings. The molecule has 1 aromatic carbocycles. The fourth-order valence-electron chi connectivity index (χ4n) is 3.35. The number of para-hydroxylation sites is 1. The standard InChI is InChI=1S/C19H25NO5/c1-25-17-9-5-4-8-15(17)16(21)10-11-18(22)20-12-13-6-2-3-7-14(13)19(23)24/h4-5,8-9,13-14H,2-3,6-7,10-12H2,1H3,(H,20,22)(H,23,24)/t13-,14-/m0/s1. The Kier molecular flexibility index (Phi) is 6.98. The molecule has 0 heterocycles. The summed E-state index contributed by atoms with van der Waals surface area (Å²) in [6.45, 7) is 0.360. The Morgan fingerprint density at radius 2 is 1.88 bits per heavy atom. The number of carbonyl (C=O) groups is 3. The molecule has 25 heavy (non-hydrogen) atoms. The second-order valence-electron chi connectivity index (χ2n) is 6.42. The number of Topliss-reactive ketones (excluding diaryl/α,β-unsaturated/α-hetero) is 1. The minimum absolute atomic E-state index is 0.0277. The number of amides is 1. The smallest absolute Gasteiger partial charge is 0.306 e. The molecule has 1 saturated carbocycles. The second kappa shape index (κ2) is 9.20. The van der Waals surface area contributed by atoms with Gasteiger partial charge < -0.3 is 15.2 Å². The van der Waals surface area contributed by atoms with E-state index in [1.807, 2.05) is 0 Å². The Labute approximate surface area is 147 Å². The van der Waals surface area contributed by atoms with Crippen LogP contribution >= 0.6 is 0 Å². The van der Waals surface area contributed by atoms with Crippen LogP contribution in [-0.4, -0.2) is 36.4 Å². The number of hydrogen-bond acceptors (Lipinski definition) is 4. The topological polar surface area (TPSA) is 92.7 Å². The highest BCUT2D eigenvalue weighted by Crippen LogP contribution is 2.29. The van der Waals surface area contributed by atoms with E-state index in [0.717, 1.165) is 19.3 Å². The number of carboxylic acid groups (broad SMARTS) is 1. The van der Waals surface area contributed by atoms with Gasteiger partial charge in [0.2, 0.25) is 5.91 Å². The summed E-state index contributed by atoms with van der Waals surface area (Å²) < 4.78 is 5.16. The zero-order valence-electron chi connectivity index (χ0n) is 14.5. The molecule has 0 bridgehead atoms.